The molecule has 0 saturated heterocycles. The standard InChI is InChI=1S/C20H27N5O/c21-10-12-6-15(7-12)25-11-17(20(24-25)13-4-5-13)18-2-1-3-19(23-18)22-14-8-16(26)9-14/h1-3,11-16,26H,4-10,21H2,(H,22,23). The number of aliphatic hydroxyl groups excluding tert-OH is 1. The smallest absolute Gasteiger partial charge is 0.126 e. The van der Waals surface area contributed by atoms with Gasteiger partial charge in [-0.2, -0.15) is 5.10 Å². The van der Waals surface area contributed by atoms with Crippen molar-refractivity contribution in [3.05, 3.63) is 30.1 Å². The summed E-state index contributed by atoms with van der Waals surface area (Å²) < 4.78 is 2.17. The van der Waals surface area contributed by atoms with E-state index in [0.717, 1.165) is 43.7 Å². The summed E-state index contributed by atoms with van der Waals surface area (Å²) in [6.07, 6.45) is 8.40. The Hall–Kier alpha value is -1.92. The molecule has 2 heterocycles. The van der Waals surface area contributed by atoms with Gasteiger partial charge in [-0.15, -0.1) is 0 Å². The molecular weight excluding hydrogens is 326 g/mol. The molecular formula is C20H27N5O. The van der Waals surface area contributed by atoms with E-state index in [-0.39, 0.29) is 6.10 Å². The second-order valence-electron chi connectivity index (χ2n) is 8.28. The molecule has 4 N–H and O–H groups in total. The van der Waals surface area contributed by atoms with Crippen LogP contribution in [0.1, 0.15) is 56.2 Å². The number of aromatic nitrogens is 3. The predicted octanol–water partition coefficient (Wildman–Crippen LogP) is 2.67. The van der Waals surface area contributed by atoms with E-state index < -0.39 is 0 Å². The topological polar surface area (TPSA) is 89.0 Å². The molecule has 3 aliphatic rings. The second-order valence-corrected chi connectivity index (χ2v) is 8.28. The lowest BCUT2D eigenvalue weighted by molar-refractivity contribution is 0.0835. The van der Waals surface area contributed by atoms with Crippen LogP contribution in [-0.4, -0.2) is 38.6 Å². The van der Waals surface area contributed by atoms with Crippen LogP contribution in [0.3, 0.4) is 0 Å². The fourth-order valence-electron chi connectivity index (χ4n) is 4.14. The Balaban J connectivity index is 1.39. The van der Waals surface area contributed by atoms with Crippen LogP contribution in [-0.2, 0) is 0 Å². The normalized spacial score (nSPS) is 30.5. The predicted molar refractivity (Wildman–Crippen MR) is 101 cm³/mol. The highest BCUT2D eigenvalue weighted by Gasteiger charge is 2.34. The van der Waals surface area contributed by atoms with Gasteiger partial charge >= 0.3 is 0 Å². The molecule has 0 radical (unpaired) electrons. The molecule has 0 aromatic carbocycles. The summed E-state index contributed by atoms with van der Waals surface area (Å²) in [5.74, 6) is 2.14. The molecule has 0 amide bonds. The first-order chi connectivity index (χ1) is 12.7. The number of aliphatic hydroxyl groups is 1. The number of pyridine rings is 1. The number of hydrogen-bond donors (Lipinski definition) is 3. The van der Waals surface area contributed by atoms with Crippen molar-refractivity contribution in [2.45, 2.75) is 62.6 Å². The molecule has 138 valence electrons. The third kappa shape index (κ3) is 3.01. The van der Waals surface area contributed by atoms with E-state index in [9.17, 15) is 5.11 Å². The van der Waals surface area contributed by atoms with Crippen LogP contribution < -0.4 is 11.1 Å². The maximum atomic E-state index is 9.47. The van der Waals surface area contributed by atoms with Gasteiger partial charge in [0.1, 0.15) is 5.82 Å². The van der Waals surface area contributed by atoms with Gasteiger partial charge in [-0.25, -0.2) is 4.98 Å². The fraction of sp³-hybridized carbons (Fsp3) is 0.600. The van der Waals surface area contributed by atoms with E-state index in [0.29, 0.717) is 23.9 Å². The van der Waals surface area contributed by atoms with Crippen molar-refractivity contribution in [2.24, 2.45) is 11.7 Å². The highest BCUT2D eigenvalue weighted by atomic mass is 16.3. The summed E-state index contributed by atoms with van der Waals surface area (Å²) in [5, 5.41) is 17.9. The summed E-state index contributed by atoms with van der Waals surface area (Å²) in [4.78, 5) is 4.84. The molecule has 0 spiro atoms. The summed E-state index contributed by atoms with van der Waals surface area (Å²) >= 11 is 0. The molecule has 0 unspecified atom stereocenters. The third-order valence-electron chi connectivity index (χ3n) is 6.13. The van der Waals surface area contributed by atoms with Gasteiger partial charge in [0.25, 0.3) is 0 Å². The second kappa shape index (κ2) is 6.35. The van der Waals surface area contributed by atoms with Gasteiger partial charge in [0.15, 0.2) is 0 Å². The van der Waals surface area contributed by atoms with Crippen molar-refractivity contribution in [3.8, 4) is 11.3 Å². The molecule has 26 heavy (non-hydrogen) atoms. The Kier molecular flexibility index (Phi) is 3.98. The molecule has 0 atom stereocenters. The van der Waals surface area contributed by atoms with Gasteiger partial charge < -0.3 is 16.2 Å². The van der Waals surface area contributed by atoms with Crippen molar-refractivity contribution < 1.29 is 5.11 Å². The van der Waals surface area contributed by atoms with Crippen LogP contribution in [0.2, 0.25) is 0 Å². The van der Waals surface area contributed by atoms with Crippen molar-refractivity contribution >= 4 is 5.82 Å². The third-order valence-corrected chi connectivity index (χ3v) is 6.13. The molecule has 6 heteroatoms. The molecule has 5 rings (SSSR count). The maximum Gasteiger partial charge on any atom is 0.126 e. The van der Waals surface area contributed by atoms with E-state index in [1.807, 2.05) is 6.07 Å². The van der Waals surface area contributed by atoms with Gasteiger partial charge in [0, 0.05) is 23.7 Å². The summed E-state index contributed by atoms with van der Waals surface area (Å²) in [5.41, 5.74) is 9.17. The van der Waals surface area contributed by atoms with E-state index in [4.69, 9.17) is 15.8 Å². The Labute approximate surface area is 153 Å². The van der Waals surface area contributed by atoms with E-state index in [2.05, 4.69) is 28.3 Å². The van der Waals surface area contributed by atoms with Crippen LogP contribution >= 0.6 is 0 Å². The summed E-state index contributed by atoms with van der Waals surface area (Å²) in [6.45, 7) is 0.783. The minimum Gasteiger partial charge on any atom is -0.393 e. The largest absolute Gasteiger partial charge is 0.393 e. The zero-order valence-corrected chi connectivity index (χ0v) is 15.0. The summed E-state index contributed by atoms with van der Waals surface area (Å²) in [7, 11) is 0. The minimum atomic E-state index is -0.157. The number of rotatable bonds is 6. The minimum absolute atomic E-state index is 0.157. The van der Waals surface area contributed by atoms with Gasteiger partial charge in [0.2, 0.25) is 0 Å². The first kappa shape index (κ1) is 16.3. The molecule has 2 aromatic rings. The molecule has 0 aliphatic heterocycles. The van der Waals surface area contributed by atoms with Gasteiger partial charge in [-0.1, -0.05) is 6.07 Å². The van der Waals surface area contributed by atoms with Crippen LogP contribution in [0.25, 0.3) is 11.3 Å². The van der Waals surface area contributed by atoms with E-state index in [1.54, 1.807) is 0 Å². The quantitative estimate of drug-likeness (QED) is 0.743. The van der Waals surface area contributed by atoms with E-state index in [1.165, 1.54) is 24.1 Å². The first-order valence-corrected chi connectivity index (χ1v) is 9.90. The van der Waals surface area contributed by atoms with Gasteiger partial charge in [-0.3, -0.25) is 4.68 Å². The van der Waals surface area contributed by atoms with Crippen molar-refractivity contribution in [1.82, 2.24) is 14.8 Å². The summed E-state index contributed by atoms with van der Waals surface area (Å²) in [6, 6.07) is 6.97. The van der Waals surface area contributed by atoms with E-state index >= 15 is 0 Å². The Morgan fingerprint density at radius 2 is 2.00 bits per heavy atom. The zero-order valence-electron chi connectivity index (χ0n) is 15.0. The molecule has 3 aliphatic carbocycles. The number of nitrogens with two attached hydrogens (primary N) is 1. The average Bonchev–Trinajstić information content (AvgIpc) is 3.33. The lowest BCUT2D eigenvalue weighted by Gasteiger charge is -2.34. The average molecular weight is 353 g/mol. The van der Waals surface area contributed by atoms with Crippen LogP contribution in [0, 0.1) is 5.92 Å². The Morgan fingerprint density at radius 3 is 2.69 bits per heavy atom. The number of anilines is 1. The molecule has 2 aromatic heterocycles. The van der Waals surface area contributed by atoms with Gasteiger partial charge in [-0.05, 0) is 63.1 Å². The molecule has 0 bridgehead atoms. The van der Waals surface area contributed by atoms with Crippen molar-refractivity contribution in [2.75, 3.05) is 11.9 Å². The number of nitrogens with zero attached hydrogens (tertiary/aromatic N) is 3. The fourth-order valence-corrected chi connectivity index (χ4v) is 4.14. The number of nitrogens with one attached hydrogen (secondary N) is 1. The lowest BCUT2D eigenvalue weighted by atomic mass is 9.80. The Bertz CT molecular complexity index is 787. The molecule has 3 fully saturated rings. The lowest BCUT2D eigenvalue weighted by Crippen LogP contribution is -2.39. The Morgan fingerprint density at radius 1 is 1.19 bits per heavy atom. The SMILES string of the molecule is NCC1CC(n2cc(-c3cccc(NC4CC(O)C4)n3)c(C3CC3)n2)C1. The van der Waals surface area contributed by atoms with Crippen LogP contribution in [0.5, 0.6) is 0 Å². The van der Waals surface area contributed by atoms with Crippen LogP contribution in [0.15, 0.2) is 24.4 Å². The monoisotopic (exact) mass is 353 g/mol. The van der Waals surface area contributed by atoms with Gasteiger partial charge in [0.05, 0.1) is 23.5 Å². The highest BCUT2D eigenvalue weighted by Crippen LogP contribution is 2.45. The number of hydrogen-bond acceptors (Lipinski definition) is 5. The zero-order chi connectivity index (χ0) is 17.7. The highest BCUT2D eigenvalue weighted by molar-refractivity contribution is 5.64. The van der Waals surface area contributed by atoms with Crippen molar-refractivity contribution in [3.63, 3.8) is 0 Å². The van der Waals surface area contributed by atoms with Crippen molar-refractivity contribution in [1.29, 1.82) is 0 Å². The first-order valence-electron chi connectivity index (χ1n) is 9.90. The maximum absolute atomic E-state index is 9.47. The molecule has 3 saturated carbocycles. The molecule has 6 nitrogen and oxygen atoms in total. The van der Waals surface area contributed by atoms with Crippen LogP contribution in [0.4, 0.5) is 5.82 Å².